The predicted octanol–water partition coefficient (Wildman–Crippen LogP) is 3.48. The fourth-order valence-electron chi connectivity index (χ4n) is 2.85. The molecule has 148 valence electrons. The highest BCUT2D eigenvalue weighted by Crippen LogP contribution is 2.18. The van der Waals surface area contributed by atoms with E-state index in [2.05, 4.69) is 25.7 Å². The average molecular weight is 398 g/mol. The summed E-state index contributed by atoms with van der Waals surface area (Å²) in [6.07, 6.45) is 1.53. The van der Waals surface area contributed by atoms with Crippen molar-refractivity contribution in [3.05, 3.63) is 95.8 Å². The van der Waals surface area contributed by atoms with Gasteiger partial charge in [-0.05, 0) is 42.8 Å². The maximum absolute atomic E-state index is 12.8. The maximum atomic E-state index is 12.8. The molecule has 0 aliphatic rings. The molecule has 0 aliphatic carbocycles. The summed E-state index contributed by atoms with van der Waals surface area (Å²) in [6.45, 7) is 1.86. The number of para-hydroxylation sites is 1. The lowest BCUT2D eigenvalue weighted by Gasteiger charge is -2.08. The molecular formula is C22H18N6O2. The third kappa shape index (κ3) is 4.07. The van der Waals surface area contributed by atoms with Gasteiger partial charge in [0.05, 0.1) is 5.69 Å². The van der Waals surface area contributed by atoms with E-state index in [1.54, 1.807) is 30.3 Å². The number of hydrogen-bond acceptors (Lipinski definition) is 5. The Morgan fingerprint density at radius 3 is 2.30 bits per heavy atom. The fourth-order valence-corrected chi connectivity index (χ4v) is 2.85. The summed E-state index contributed by atoms with van der Waals surface area (Å²) in [5.74, 6) is -0.529. The summed E-state index contributed by atoms with van der Waals surface area (Å²) in [6, 6.07) is 21.5. The first-order chi connectivity index (χ1) is 14.6. The largest absolute Gasteiger partial charge is 0.290 e. The lowest BCUT2D eigenvalue weighted by molar-refractivity contribution is 0.101. The molecule has 2 amide bonds. The Morgan fingerprint density at radius 1 is 0.833 bits per heavy atom. The van der Waals surface area contributed by atoms with E-state index in [9.17, 15) is 9.59 Å². The van der Waals surface area contributed by atoms with Crippen molar-refractivity contribution in [3.8, 4) is 5.69 Å². The molecule has 0 spiro atoms. The van der Waals surface area contributed by atoms with E-state index in [1.165, 1.54) is 10.9 Å². The molecule has 0 unspecified atom stereocenters. The van der Waals surface area contributed by atoms with Gasteiger partial charge in [-0.2, -0.15) is 9.67 Å². The van der Waals surface area contributed by atoms with Crippen LogP contribution in [0.15, 0.2) is 79.0 Å². The molecule has 8 heteroatoms. The molecule has 4 rings (SSSR count). The van der Waals surface area contributed by atoms with Crippen molar-refractivity contribution in [2.24, 2.45) is 0 Å². The highest BCUT2D eigenvalue weighted by molar-refractivity contribution is 6.05. The van der Waals surface area contributed by atoms with E-state index < -0.39 is 5.91 Å². The number of nitrogens with zero attached hydrogens (tertiary/aromatic N) is 4. The predicted molar refractivity (Wildman–Crippen MR) is 113 cm³/mol. The number of aromatic nitrogens is 4. The normalized spacial score (nSPS) is 10.4. The molecule has 0 radical (unpaired) electrons. The van der Waals surface area contributed by atoms with Gasteiger partial charge in [0.2, 0.25) is 5.95 Å². The number of hydrogen-bond donors (Lipinski definition) is 2. The van der Waals surface area contributed by atoms with E-state index in [0.29, 0.717) is 11.3 Å². The van der Waals surface area contributed by atoms with Crippen LogP contribution in [0, 0.1) is 6.92 Å². The van der Waals surface area contributed by atoms with Gasteiger partial charge < -0.3 is 0 Å². The number of aryl methyl sites for hydroxylation is 1. The molecule has 0 saturated heterocycles. The van der Waals surface area contributed by atoms with Crippen molar-refractivity contribution in [2.75, 3.05) is 10.6 Å². The van der Waals surface area contributed by atoms with Gasteiger partial charge in [0.15, 0.2) is 0 Å². The smallest absolute Gasteiger partial charge is 0.276 e. The molecule has 0 atom stereocenters. The minimum absolute atomic E-state index is 0.0505. The van der Waals surface area contributed by atoms with Crippen molar-refractivity contribution in [2.45, 2.75) is 6.92 Å². The number of benzene rings is 2. The van der Waals surface area contributed by atoms with Crippen LogP contribution in [0.1, 0.15) is 26.4 Å². The van der Waals surface area contributed by atoms with Crippen LogP contribution >= 0.6 is 0 Å². The summed E-state index contributed by atoms with van der Waals surface area (Å²) < 4.78 is 1.46. The highest BCUT2D eigenvalue weighted by atomic mass is 16.2. The second kappa shape index (κ2) is 8.36. The molecular weight excluding hydrogens is 380 g/mol. The van der Waals surface area contributed by atoms with Gasteiger partial charge in [-0.3, -0.25) is 25.2 Å². The Kier molecular flexibility index (Phi) is 5.29. The van der Waals surface area contributed by atoms with Crippen molar-refractivity contribution in [1.29, 1.82) is 0 Å². The van der Waals surface area contributed by atoms with Crippen molar-refractivity contribution in [3.63, 3.8) is 0 Å². The van der Waals surface area contributed by atoms with Crippen LogP contribution < -0.4 is 10.6 Å². The molecule has 0 aliphatic heterocycles. The second-order valence-electron chi connectivity index (χ2n) is 6.44. The zero-order valence-corrected chi connectivity index (χ0v) is 16.1. The lowest BCUT2D eigenvalue weighted by atomic mass is 10.1. The first-order valence-electron chi connectivity index (χ1n) is 9.23. The van der Waals surface area contributed by atoms with Gasteiger partial charge in [0.1, 0.15) is 5.69 Å². The number of pyridine rings is 1. The number of carbonyl (C=O) groups excluding carboxylic acids is 2. The number of rotatable bonds is 5. The SMILES string of the molecule is Cc1ccccc1C(=O)Nc1nc(NC(=O)c2ccccn2)nn1-c1ccccc1. The monoisotopic (exact) mass is 398 g/mol. The third-order valence-electron chi connectivity index (χ3n) is 4.35. The minimum atomic E-state index is -0.447. The molecule has 2 aromatic carbocycles. The molecule has 0 saturated carbocycles. The Labute approximate surface area is 172 Å². The average Bonchev–Trinajstić information content (AvgIpc) is 3.17. The Bertz CT molecular complexity index is 1190. The zero-order chi connectivity index (χ0) is 20.9. The van der Waals surface area contributed by atoms with Gasteiger partial charge in [-0.15, -0.1) is 5.10 Å². The molecule has 8 nitrogen and oxygen atoms in total. The molecule has 2 N–H and O–H groups in total. The summed E-state index contributed by atoms with van der Waals surface area (Å²) in [7, 11) is 0. The van der Waals surface area contributed by atoms with Gasteiger partial charge in [-0.1, -0.05) is 42.5 Å². The Balaban J connectivity index is 1.65. The van der Waals surface area contributed by atoms with Crippen molar-refractivity contribution < 1.29 is 9.59 Å². The molecule has 2 aromatic heterocycles. The lowest BCUT2D eigenvalue weighted by Crippen LogP contribution is -2.17. The number of carbonyl (C=O) groups is 2. The first-order valence-corrected chi connectivity index (χ1v) is 9.23. The second-order valence-corrected chi connectivity index (χ2v) is 6.44. The van der Waals surface area contributed by atoms with Crippen LogP contribution in [0.5, 0.6) is 0 Å². The van der Waals surface area contributed by atoms with E-state index in [-0.39, 0.29) is 23.5 Å². The van der Waals surface area contributed by atoms with Crippen LogP contribution in [0.2, 0.25) is 0 Å². The topological polar surface area (TPSA) is 102 Å². The summed E-state index contributed by atoms with van der Waals surface area (Å²) >= 11 is 0. The van der Waals surface area contributed by atoms with E-state index in [4.69, 9.17) is 0 Å². The van der Waals surface area contributed by atoms with Gasteiger partial charge in [0, 0.05) is 11.8 Å². The Hall–Kier alpha value is -4.33. The zero-order valence-electron chi connectivity index (χ0n) is 16.1. The van der Waals surface area contributed by atoms with Gasteiger partial charge >= 0.3 is 0 Å². The number of amides is 2. The summed E-state index contributed by atoms with van der Waals surface area (Å²) in [5.41, 5.74) is 2.28. The summed E-state index contributed by atoms with van der Waals surface area (Å²) in [5, 5.41) is 9.75. The highest BCUT2D eigenvalue weighted by Gasteiger charge is 2.18. The van der Waals surface area contributed by atoms with Crippen LogP contribution in [0.4, 0.5) is 11.9 Å². The molecule has 0 fully saturated rings. The maximum Gasteiger partial charge on any atom is 0.276 e. The minimum Gasteiger partial charge on any atom is -0.290 e. The Morgan fingerprint density at radius 2 is 1.57 bits per heavy atom. The van der Waals surface area contributed by atoms with Crippen LogP contribution in [0.25, 0.3) is 5.69 Å². The molecule has 30 heavy (non-hydrogen) atoms. The van der Waals surface area contributed by atoms with E-state index in [0.717, 1.165) is 5.56 Å². The number of anilines is 2. The van der Waals surface area contributed by atoms with E-state index >= 15 is 0 Å². The fraction of sp³-hybridized carbons (Fsp3) is 0.0455. The van der Waals surface area contributed by atoms with Crippen LogP contribution in [-0.2, 0) is 0 Å². The van der Waals surface area contributed by atoms with Crippen molar-refractivity contribution in [1.82, 2.24) is 19.7 Å². The summed E-state index contributed by atoms with van der Waals surface area (Å²) in [4.78, 5) is 33.5. The first kappa shape index (κ1) is 19.0. The van der Waals surface area contributed by atoms with Crippen LogP contribution in [-0.4, -0.2) is 31.6 Å². The standard InChI is InChI=1S/C22H18N6O2/c1-15-9-5-6-12-17(15)19(29)25-22-26-21(24-20(30)18-13-7-8-14-23-18)27-28(22)16-10-3-2-4-11-16/h2-14H,1H3,(H2,24,25,26,27,29,30). The molecule has 2 heterocycles. The van der Waals surface area contributed by atoms with Crippen molar-refractivity contribution >= 4 is 23.7 Å². The van der Waals surface area contributed by atoms with Crippen LogP contribution in [0.3, 0.4) is 0 Å². The number of nitrogens with one attached hydrogen (secondary N) is 2. The van der Waals surface area contributed by atoms with Gasteiger partial charge in [0.25, 0.3) is 17.8 Å². The van der Waals surface area contributed by atoms with E-state index in [1.807, 2.05) is 49.4 Å². The molecule has 4 aromatic rings. The quantitative estimate of drug-likeness (QED) is 0.536. The molecule has 0 bridgehead atoms. The van der Waals surface area contributed by atoms with Gasteiger partial charge in [-0.25, -0.2) is 0 Å². The third-order valence-corrected chi connectivity index (χ3v) is 4.35.